The van der Waals surface area contributed by atoms with Gasteiger partial charge in [-0.3, -0.25) is 24.1 Å². The maximum atomic E-state index is 15.5. The van der Waals surface area contributed by atoms with Crippen molar-refractivity contribution in [3.05, 3.63) is 17.9 Å². The molecule has 40 heavy (non-hydrogen) atoms. The lowest BCUT2D eigenvalue weighted by atomic mass is 9.85. The predicted octanol–water partition coefficient (Wildman–Crippen LogP) is 2.39. The van der Waals surface area contributed by atoms with Crippen molar-refractivity contribution >= 4 is 40.3 Å². The summed E-state index contributed by atoms with van der Waals surface area (Å²) in [4.78, 5) is 43.9. The minimum atomic E-state index is -1.12. The second kappa shape index (κ2) is 9.99. The number of rotatable bonds is 4. The Bertz CT molecular complexity index is 1340. The number of anilines is 2. The SMILES string of the molecule is CN1C(=O)CCN(c2nn(C)c3cc(N4CCC(O)(CC(=O)N5CCC6(CCCO6)CC5)CC4)c(F)cc23)C1=O. The molecule has 4 saturated heterocycles. The van der Waals surface area contributed by atoms with Crippen LogP contribution in [0.2, 0.25) is 0 Å². The molecule has 216 valence electrons. The van der Waals surface area contributed by atoms with Crippen LogP contribution in [0.15, 0.2) is 12.1 Å². The van der Waals surface area contributed by atoms with Gasteiger partial charge in [-0.15, -0.1) is 0 Å². The number of halogens is 1. The number of carbonyl (C=O) groups excluding carboxylic acids is 3. The third-order valence-corrected chi connectivity index (χ3v) is 9.32. The highest BCUT2D eigenvalue weighted by molar-refractivity contribution is 6.08. The van der Waals surface area contributed by atoms with Crippen LogP contribution >= 0.6 is 0 Å². The van der Waals surface area contributed by atoms with E-state index in [0.29, 0.717) is 61.4 Å². The summed E-state index contributed by atoms with van der Waals surface area (Å²) in [5, 5.41) is 16.2. The lowest BCUT2D eigenvalue weighted by Crippen LogP contribution is -2.51. The summed E-state index contributed by atoms with van der Waals surface area (Å²) >= 11 is 0. The number of fused-ring (bicyclic) bond motifs is 1. The van der Waals surface area contributed by atoms with Gasteiger partial charge in [0.2, 0.25) is 11.8 Å². The summed E-state index contributed by atoms with van der Waals surface area (Å²) < 4.78 is 23.1. The first-order valence-electron chi connectivity index (χ1n) is 14.2. The van der Waals surface area contributed by atoms with Gasteiger partial charge in [0.05, 0.1) is 28.8 Å². The molecule has 11 nitrogen and oxygen atoms in total. The van der Waals surface area contributed by atoms with E-state index in [1.54, 1.807) is 17.8 Å². The van der Waals surface area contributed by atoms with E-state index in [0.717, 1.165) is 37.2 Å². The number of likely N-dealkylation sites (tertiary alicyclic amines) is 1. The molecule has 0 atom stereocenters. The van der Waals surface area contributed by atoms with Crippen molar-refractivity contribution in [1.29, 1.82) is 0 Å². The molecule has 1 spiro atoms. The van der Waals surface area contributed by atoms with Crippen LogP contribution in [-0.2, 0) is 21.4 Å². The Balaban J connectivity index is 1.12. The van der Waals surface area contributed by atoms with E-state index in [4.69, 9.17) is 4.74 Å². The highest BCUT2D eigenvalue weighted by Gasteiger charge is 2.42. The van der Waals surface area contributed by atoms with Crippen LogP contribution in [0.5, 0.6) is 0 Å². The number of urea groups is 1. The number of aromatic nitrogens is 2. The molecule has 1 N–H and O–H groups in total. The smallest absolute Gasteiger partial charge is 0.332 e. The minimum absolute atomic E-state index is 0.0292. The van der Waals surface area contributed by atoms with Gasteiger partial charge in [0.25, 0.3) is 0 Å². The summed E-state index contributed by atoms with van der Waals surface area (Å²) in [6.07, 6.45) is 4.80. The molecule has 4 aliphatic heterocycles. The first kappa shape index (κ1) is 26.9. The molecule has 0 saturated carbocycles. The molecular weight excluding hydrogens is 519 g/mol. The zero-order chi connectivity index (χ0) is 28.2. The first-order valence-corrected chi connectivity index (χ1v) is 14.2. The summed E-state index contributed by atoms with van der Waals surface area (Å²) in [5.74, 6) is -0.418. The summed E-state index contributed by atoms with van der Waals surface area (Å²) in [7, 11) is 3.16. The summed E-state index contributed by atoms with van der Waals surface area (Å²) in [6, 6.07) is 2.62. The van der Waals surface area contributed by atoms with Crippen LogP contribution in [-0.4, -0.2) is 100 Å². The van der Waals surface area contributed by atoms with Gasteiger partial charge in [-0.25, -0.2) is 9.18 Å². The van der Waals surface area contributed by atoms with E-state index in [1.807, 2.05) is 9.80 Å². The second-order valence-corrected chi connectivity index (χ2v) is 11.8. The van der Waals surface area contributed by atoms with Crippen molar-refractivity contribution in [3.8, 4) is 0 Å². The van der Waals surface area contributed by atoms with E-state index >= 15 is 4.39 Å². The number of aliphatic hydroxyl groups is 1. The quantitative estimate of drug-likeness (QED) is 0.616. The fourth-order valence-electron chi connectivity index (χ4n) is 6.69. The Morgan fingerprint density at radius 3 is 2.45 bits per heavy atom. The summed E-state index contributed by atoms with van der Waals surface area (Å²) in [6.45, 7) is 3.13. The number of amides is 4. The van der Waals surface area contributed by atoms with Crippen molar-refractivity contribution in [3.63, 3.8) is 0 Å². The second-order valence-electron chi connectivity index (χ2n) is 11.8. The number of ether oxygens (including phenoxy) is 1. The Hall–Kier alpha value is -3.25. The van der Waals surface area contributed by atoms with Gasteiger partial charge >= 0.3 is 6.03 Å². The number of aryl methyl sites for hydroxylation is 1. The average molecular weight is 557 g/mol. The van der Waals surface area contributed by atoms with Crippen LogP contribution in [0.25, 0.3) is 10.9 Å². The van der Waals surface area contributed by atoms with E-state index in [-0.39, 0.29) is 36.8 Å². The van der Waals surface area contributed by atoms with Gasteiger partial charge in [0.1, 0.15) is 5.82 Å². The Morgan fingerprint density at radius 1 is 1.05 bits per heavy atom. The number of nitrogens with zero attached hydrogens (tertiary/aromatic N) is 6. The molecule has 1 aromatic heterocycles. The van der Waals surface area contributed by atoms with Crippen LogP contribution in [0.4, 0.5) is 20.7 Å². The normalized spacial score (nSPS) is 23.1. The molecule has 2 aromatic rings. The molecule has 4 aliphatic rings. The Morgan fingerprint density at radius 2 is 1.77 bits per heavy atom. The van der Waals surface area contributed by atoms with Crippen molar-refractivity contribution in [2.75, 3.05) is 56.2 Å². The van der Waals surface area contributed by atoms with Gasteiger partial charge in [-0.05, 0) is 50.7 Å². The lowest BCUT2D eigenvalue weighted by molar-refractivity contribution is -0.142. The third-order valence-electron chi connectivity index (χ3n) is 9.32. The molecule has 6 rings (SSSR count). The van der Waals surface area contributed by atoms with E-state index < -0.39 is 17.4 Å². The number of benzene rings is 1. The van der Waals surface area contributed by atoms with Gasteiger partial charge in [-0.2, -0.15) is 5.10 Å². The van der Waals surface area contributed by atoms with Crippen molar-refractivity contribution in [2.24, 2.45) is 7.05 Å². The van der Waals surface area contributed by atoms with Crippen molar-refractivity contribution in [1.82, 2.24) is 19.6 Å². The monoisotopic (exact) mass is 556 g/mol. The molecule has 12 heteroatoms. The Kier molecular flexibility index (Phi) is 6.73. The molecule has 4 fully saturated rings. The molecule has 0 bridgehead atoms. The number of imide groups is 1. The number of carbonyl (C=O) groups is 3. The van der Waals surface area contributed by atoms with Crippen molar-refractivity contribution in [2.45, 2.75) is 62.6 Å². The third kappa shape index (κ3) is 4.70. The summed E-state index contributed by atoms with van der Waals surface area (Å²) in [5.41, 5.74) is -0.128. The Labute approximate surface area is 232 Å². The van der Waals surface area contributed by atoms with Crippen LogP contribution in [0, 0.1) is 5.82 Å². The van der Waals surface area contributed by atoms with Crippen LogP contribution in [0.3, 0.4) is 0 Å². The zero-order valence-corrected chi connectivity index (χ0v) is 23.2. The molecule has 4 amide bonds. The maximum Gasteiger partial charge on any atom is 0.332 e. The number of hydrogen-bond donors (Lipinski definition) is 1. The van der Waals surface area contributed by atoms with E-state index in [1.165, 1.54) is 18.0 Å². The van der Waals surface area contributed by atoms with Gasteiger partial charge in [-0.1, -0.05) is 0 Å². The van der Waals surface area contributed by atoms with Gasteiger partial charge in [0.15, 0.2) is 5.82 Å². The molecule has 0 radical (unpaired) electrons. The fourth-order valence-corrected chi connectivity index (χ4v) is 6.69. The average Bonchev–Trinajstić information content (AvgIpc) is 3.51. The first-order chi connectivity index (χ1) is 19.1. The van der Waals surface area contributed by atoms with E-state index in [2.05, 4.69) is 5.10 Å². The standard InChI is InChI=1S/C28H37FN6O5/c1-31-23(36)4-10-35(26(31)38)25-19-16-20(29)22(17-21(19)32(2)30-25)33-11-6-27(39,7-12-33)18-24(37)34-13-8-28(9-14-34)5-3-15-40-28/h16-17,39H,3-15,18H2,1-2H3. The maximum absolute atomic E-state index is 15.5. The van der Waals surface area contributed by atoms with Crippen LogP contribution < -0.4 is 9.80 Å². The van der Waals surface area contributed by atoms with E-state index in [9.17, 15) is 19.5 Å². The number of hydrogen-bond acceptors (Lipinski definition) is 7. The number of piperidine rings is 2. The molecule has 0 unspecified atom stereocenters. The highest BCUT2D eigenvalue weighted by atomic mass is 19.1. The molecular formula is C28H37FN6O5. The molecule has 5 heterocycles. The van der Waals surface area contributed by atoms with Crippen LogP contribution in [0.1, 0.15) is 51.4 Å². The van der Waals surface area contributed by atoms with Gasteiger partial charge in [0, 0.05) is 65.2 Å². The van der Waals surface area contributed by atoms with Crippen molar-refractivity contribution < 1.29 is 28.6 Å². The molecule has 1 aromatic carbocycles. The predicted molar refractivity (Wildman–Crippen MR) is 146 cm³/mol. The highest BCUT2D eigenvalue weighted by Crippen LogP contribution is 2.38. The topological polar surface area (TPSA) is 111 Å². The lowest BCUT2D eigenvalue weighted by Gasteiger charge is -2.42. The molecule has 0 aliphatic carbocycles. The zero-order valence-electron chi connectivity index (χ0n) is 23.2. The van der Waals surface area contributed by atoms with Gasteiger partial charge < -0.3 is 19.6 Å². The minimum Gasteiger partial charge on any atom is -0.389 e. The fraction of sp³-hybridized carbons (Fsp3) is 0.643. The largest absolute Gasteiger partial charge is 0.389 e.